The summed E-state index contributed by atoms with van der Waals surface area (Å²) in [5.74, 6) is 1.20. The van der Waals surface area contributed by atoms with E-state index in [4.69, 9.17) is 5.41 Å². The van der Waals surface area contributed by atoms with E-state index in [9.17, 15) is 0 Å². The highest BCUT2D eigenvalue weighted by atomic mass is 15.3. The van der Waals surface area contributed by atoms with Crippen LogP contribution < -0.4 is 0 Å². The van der Waals surface area contributed by atoms with Crippen molar-refractivity contribution in [2.75, 3.05) is 26.2 Å². The Morgan fingerprint density at radius 2 is 1.62 bits per heavy atom. The van der Waals surface area contributed by atoms with Gasteiger partial charge in [-0.1, -0.05) is 26.7 Å². The molecule has 0 amide bonds. The molecule has 0 unspecified atom stereocenters. The minimum Gasteiger partial charge on any atom is -0.358 e. The summed E-state index contributed by atoms with van der Waals surface area (Å²) < 4.78 is 0. The molecule has 2 aliphatic rings. The molecule has 0 bridgehead atoms. The lowest BCUT2D eigenvalue weighted by atomic mass is 10.1. The van der Waals surface area contributed by atoms with E-state index in [0.29, 0.717) is 5.92 Å². The van der Waals surface area contributed by atoms with Crippen molar-refractivity contribution in [3.05, 3.63) is 0 Å². The monoisotopic (exact) mass is 223 g/mol. The van der Waals surface area contributed by atoms with Gasteiger partial charge in [0.05, 0.1) is 5.84 Å². The maximum atomic E-state index is 8.02. The second-order valence-corrected chi connectivity index (χ2v) is 5.50. The van der Waals surface area contributed by atoms with Crippen molar-refractivity contribution in [3.63, 3.8) is 0 Å². The second-order valence-electron chi connectivity index (χ2n) is 5.50. The third-order valence-corrected chi connectivity index (χ3v) is 4.04. The summed E-state index contributed by atoms with van der Waals surface area (Å²) in [7, 11) is 0. The normalized spacial score (nSPS) is 24.3. The average Bonchev–Trinajstić information content (AvgIpc) is 2.81. The molecule has 1 saturated carbocycles. The third-order valence-electron chi connectivity index (χ3n) is 4.04. The Hall–Kier alpha value is -0.570. The minimum absolute atomic E-state index is 0.373. The van der Waals surface area contributed by atoms with Crippen LogP contribution in [0.25, 0.3) is 0 Å². The molecule has 3 heteroatoms. The highest BCUT2D eigenvalue weighted by molar-refractivity contribution is 5.81. The highest BCUT2D eigenvalue weighted by Gasteiger charge is 2.27. The summed E-state index contributed by atoms with van der Waals surface area (Å²) in [4.78, 5) is 4.91. The molecule has 3 nitrogen and oxygen atoms in total. The molecule has 0 radical (unpaired) electrons. The van der Waals surface area contributed by atoms with Gasteiger partial charge in [0.2, 0.25) is 0 Å². The predicted molar refractivity (Wildman–Crippen MR) is 68.0 cm³/mol. The molecule has 1 N–H and O–H groups in total. The van der Waals surface area contributed by atoms with Crippen LogP contribution in [-0.2, 0) is 0 Å². The molecule has 2 rings (SSSR count). The first-order valence-electron chi connectivity index (χ1n) is 6.76. The van der Waals surface area contributed by atoms with Crippen LogP contribution >= 0.6 is 0 Å². The first kappa shape index (κ1) is 11.9. The van der Waals surface area contributed by atoms with Crippen LogP contribution in [0.4, 0.5) is 0 Å². The van der Waals surface area contributed by atoms with Gasteiger partial charge in [0.15, 0.2) is 0 Å². The van der Waals surface area contributed by atoms with Crippen molar-refractivity contribution in [1.29, 1.82) is 5.41 Å². The van der Waals surface area contributed by atoms with E-state index in [1.807, 2.05) is 0 Å². The average molecular weight is 223 g/mol. The Kier molecular flexibility index (Phi) is 3.85. The lowest BCUT2D eigenvalue weighted by Gasteiger charge is -2.39. The summed E-state index contributed by atoms with van der Waals surface area (Å²) in [5.41, 5.74) is 0. The Morgan fingerprint density at radius 1 is 1.06 bits per heavy atom. The Balaban J connectivity index is 1.80. The van der Waals surface area contributed by atoms with Gasteiger partial charge in [0.25, 0.3) is 0 Å². The van der Waals surface area contributed by atoms with Crippen molar-refractivity contribution < 1.29 is 0 Å². The molecule has 1 aliphatic heterocycles. The molecule has 1 aliphatic carbocycles. The molecule has 2 fully saturated rings. The molecule has 0 spiro atoms. The first-order chi connectivity index (χ1) is 7.68. The number of piperazine rings is 1. The number of nitrogens with zero attached hydrogens (tertiary/aromatic N) is 2. The van der Waals surface area contributed by atoms with E-state index in [0.717, 1.165) is 25.0 Å². The van der Waals surface area contributed by atoms with Crippen LogP contribution in [0.1, 0.15) is 39.5 Å². The van der Waals surface area contributed by atoms with Gasteiger partial charge in [-0.25, -0.2) is 0 Å². The molecule has 16 heavy (non-hydrogen) atoms. The van der Waals surface area contributed by atoms with E-state index >= 15 is 0 Å². The molecule has 1 saturated heterocycles. The van der Waals surface area contributed by atoms with Gasteiger partial charge in [0, 0.05) is 38.1 Å². The van der Waals surface area contributed by atoms with Crippen LogP contribution in [0.3, 0.4) is 0 Å². The zero-order valence-corrected chi connectivity index (χ0v) is 10.7. The first-order valence-corrected chi connectivity index (χ1v) is 6.76. The van der Waals surface area contributed by atoms with E-state index < -0.39 is 0 Å². The summed E-state index contributed by atoms with van der Waals surface area (Å²) in [5, 5.41) is 8.02. The number of hydrogen-bond donors (Lipinski definition) is 1. The molecule has 1 heterocycles. The zero-order chi connectivity index (χ0) is 11.5. The summed E-state index contributed by atoms with van der Waals surface area (Å²) in [6.45, 7) is 8.69. The Morgan fingerprint density at radius 3 is 2.12 bits per heavy atom. The Labute approximate surface area is 99.3 Å². The van der Waals surface area contributed by atoms with Gasteiger partial charge in [-0.05, 0) is 12.8 Å². The summed E-state index contributed by atoms with van der Waals surface area (Å²) in [6.07, 6.45) is 5.66. The molecule has 0 aromatic heterocycles. The second kappa shape index (κ2) is 5.17. The van der Waals surface area contributed by atoms with Gasteiger partial charge < -0.3 is 4.90 Å². The number of hydrogen-bond acceptors (Lipinski definition) is 2. The predicted octanol–water partition coefficient (Wildman–Crippen LogP) is 2.18. The minimum atomic E-state index is 0.373. The van der Waals surface area contributed by atoms with Gasteiger partial charge in [0.1, 0.15) is 0 Å². The van der Waals surface area contributed by atoms with Crippen molar-refractivity contribution >= 4 is 5.84 Å². The number of nitrogens with one attached hydrogen (secondary N) is 1. The Bertz CT molecular complexity index is 236. The van der Waals surface area contributed by atoms with E-state index in [1.54, 1.807) is 0 Å². The number of rotatable bonds is 2. The standard InChI is InChI=1S/C13H25N3/c1-11(2)13(14)16-9-7-15(8-10-16)12-5-3-4-6-12/h11-12,14H,3-10H2,1-2H3. The molecular formula is C13H25N3. The van der Waals surface area contributed by atoms with Crippen molar-refractivity contribution in [1.82, 2.24) is 9.80 Å². The van der Waals surface area contributed by atoms with Crippen LogP contribution in [0.2, 0.25) is 0 Å². The summed E-state index contributed by atoms with van der Waals surface area (Å²) >= 11 is 0. The van der Waals surface area contributed by atoms with E-state index in [-0.39, 0.29) is 0 Å². The van der Waals surface area contributed by atoms with Crippen molar-refractivity contribution in [2.24, 2.45) is 5.92 Å². The zero-order valence-electron chi connectivity index (χ0n) is 10.7. The maximum absolute atomic E-state index is 8.02. The lowest BCUT2D eigenvalue weighted by molar-refractivity contribution is 0.131. The van der Waals surface area contributed by atoms with Gasteiger partial charge in [-0.3, -0.25) is 10.3 Å². The maximum Gasteiger partial charge on any atom is 0.0984 e. The largest absolute Gasteiger partial charge is 0.358 e. The molecule has 0 aromatic carbocycles. The lowest BCUT2D eigenvalue weighted by Crippen LogP contribution is -2.52. The molecular weight excluding hydrogens is 198 g/mol. The van der Waals surface area contributed by atoms with Gasteiger partial charge in [-0.2, -0.15) is 0 Å². The molecule has 92 valence electrons. The van der Waals surface area contributed by atoms with E-state index in [2.05, 4.69) is 23.6 Å². The number of amidine groups is 1. The van der Waals surface area contributed by atoms with Crippen LogP contribution in [0, 0.1) is 11.3 Å². The topological polar surface area (TPSA) is 30.3 Å². The quantitative estimate of drug-likeness (QED) is 0.574. The molecule has 0 aromatic rings. The smallest absolute Gasteiger partial charge is 0.0984 e. The van der Waals surface area contributed by atoms with Crippen LogP contribution in [-0.4, -0.2) is 47.9 Å². The molecule has 0 atom stereocenters. The van der Waals surface area contributed by atoms with Crippen molar-refractivity contribution in [3.8, 4) is 0 Å². The fourth-order valence-corrected chi connectivity index (χ4v) is 2.96. The van der Waals surface area contributed by atoms with Crippen LogP contribution in [0.15, 0.2) is 0 Å². The van der Waals surface area contributed by atoms with E-state index in [1.165, 1.54) is 38.8 Å². The SMILES string of the molecule is CC(C)C(=N)N1CCN(C2CCCC2)CC1. The van der Waals surface area contributed by atoms with Gasteiger partial charge >= 0.3 is 0 Å². The summed E-state index contributed by atoms with van der Waals surface area (Å²) in [6, 6.07) is 0.857. The third kappa shape index (κ3) is 2.57. The highest BCUT2D eigenvalue weighted by Crippen LogP contribution is 2.24. The van der Waals surface area contributed by atoms with Crippen molar-refractivity contribution in [2.45, 2.75) is 45.6 Å². The fourth-order valence-electron chi connectivity index (χ4n) is 2.96. The van der Waals surface area contributed by atoms with Gasteiger partial charge in [-0.15, -0.1) is 0 Å². The van der Waals surface area contributed by atoms with Crippen LogP contribution in [0.5, 0.6) is 0 Å². The fraction of sp³-hybridized carbons (Fsp3) is 0.923.